The van der Waals surface area contributed by atoms with E-state index in [4.69, 9.17) is 0 Å². The Labute approximate surface area is 160 Å². The topological polar surface area (TPSA) is 42.3 Å². The zero-order valence-corrected chi connectivity index (χ0v) is 16.0. The summed E-state index contributed by atoms with van der Waals surface area (Å²) in [4.78, 5) is 26.8. The molecule has 1 aromatic heterocycles. The van der Waals surface area contributed by atoms with Gasteiger partial charge in [0.15, 0.2) is 0 Å². The van der Waals surface area contributed by atoms with Gasteiger partial charge in [-0.3, -0.25) is 9.59 Å². The highest BCUT2D eigenvalue weighted by Gasteiger charge is 2.17. The number of benzene rings is 2. The minimum absolute atomic E-state index is 0.0149. The third kappa shape index (κ3) is 4.49. The number of hydrogen-bond acceptors (Lipinski definition) is 2. The number of rotatable bonds is 5. The summed E-state index contributed by atoms with van der Waals surface area (Å²) in [7, 11) is 0. The molecule has 2 aromatic carbocycles. The van der Waals surface area contributed by atoms with Crippen molar-refractivity contribution in [3.8, 4) is 0 Å². The molecule has 5 heteroatoms. The molecule has 0 unspecified atom stereocenters. The highest BCUT2D eigenvalue weighted by atomic mass is 79.9. The zero-order chi connectivity index (χ0) is 18.5. The minimum Gasteiger partial charge on any atom is -0.306 e. The number of carbonyl (C=O) groups excluding carboxylic acids is 1. The Kier molecular flexibility index (Phi) is 5.68. The molecule has 0 saturated heterocycles. The van der Waals surface area contributed by atoms with Crippen molar-refractivity contribution in [2.75, 3.05) is 4.90 Å². The summed E-state index contributed by atoms with van der Waals surface area (Å²) in [6.45, 7) is 2.44. The summed E-state index contributed by atoms with van der Waals surface area (Å²) in [6, 6.07) is 20.8. The molecule has 0 fully saturated rings. The normalized spacial score (nSPS) is 10.5. The molecule has 3 aromatic rings. The zero-order valence-electron chi connectivity index (χ0n) is 14.4. The molecule has 0 bridgehead atoms. The highest BCUT2D eigenvalue weighted by Crippen LogP contribution is 2.19. The first-order valence-corrected chi connectivity index (χ1v) is 9.09. The van der Waals surface area contributed by atoms with Crippen molar-refractivity contribution in [3.63, 3.8) is 0 Å². The number of aryl methyl sites for hydroxylation is 1. The van der Waals surface area contributed by atoms with Gasteiger partial charge in [0, 0.05) is 22.4 Å². The maximum atomic E-state index is 13.0. The summed E-state index contributed by atoms with van der Waals surface area (Å²) in [6.07, 6.45) is 1.63. The van der Waals surface area contributed by atoms with E-state index in [1.54, 1.807) is 17.2 Å². The highest BCUT2D eigenvalue weighted by molar-refractivity contribution is 9.10. The summed E-state index contributed by atoms with van der Waals surface area (Å²) >= 11 is 3.35. The van der Waals surface area contributed by atoms with Crippen molar-refractivity contribution in [3.05, 3.63) is 98.9 Å². The van der Waals surface area contributed by atoms with Crippen molar-refractivity contribution in [1.29, 1.82) is 0 Å². The second kappa shape index (κ2) is 8.15. The van der Waals surface area contributed by atoms with Crippen LogP contribution in [0.2, 0.25) is 0 Å². The first-order chi connectivity index (χ1) is 12.5. The van der Waals surface area contributed by atoms with E-state index in [-0.39, 0.29) is 18.0 Å². The minimum atomic E-state index is -0.204. The molecule has 0 aliphatic heterocycles. The lowest BCUT2D eigenvalue weighted by atomic mass is 10.1. The fraction of sp³-hybridized carbons (Fsp3) is 0.143. The Balaban J connectivity index is 1.91. The predicted octanol–water partition coefficient (Wildman–Crippen LogP) is 4.15. The molecule has 132 valence electrons. The summed E-state index contributed by atoms with van der Waals surface area (Å²) < 4.78 is 2.17. The second-order valence-electron chi connectivity index (χ2n) is 6.11. The average Bonchev–Trinajstić information content (AvgIpc) is 2.64. The van der Waals surface area contributed by atoms with E-state index in [9.17, 15) is 9.59 Å². The van der Waals surface area contributed by atoms with Gasteiger partial charge < -0.3 is 9.47 Å². The number of amides is 1. The van der Waals surface area contributed by atoms with Gasteiger partial charge in [-0.05, 0) is 46.6 Å². The number of anilines is 1. The van der Waals surface area contributed by atoms with E-state index in [2.05, 4.69) is 15.9 Å². The third-order valence-corrected chi connectivity index (χ3v) is 4.55. The van der Waals surface area contributed by atoms with Gasteiger partial charge in [-0.2, -0.15) is 0 Å². The van der Waals surface area contributed by atoms with Gasteiger partial charge in [0.1, 0.15) is 6.54 Å². The summed E-state index contributed by atoms with van der Waals surface area (Å²) in [5.74, 6) is -0.141. The second-order valence-corrected chi connectivity index (χ2v) is 7.03. The molecular weight excluding hydrogens is 392 g/mol. The van der Waals surface area contributed by atoms with Gasteiger partial charge in [0.05, 0.1) is 6.54 Å². The van der Waals surface area contributed by atoms with E-state index in [1.807, 2.05) is 61.5 Å². The van der Waals surface area contributed by atoms with Crippen LogP contribution in [0, 0.1) is 6.92 Å². The van der Waals surface area contributed by atoms with Crippen molar-refractivity contribution in [2.24, 2.45) is 0 Å². The van der Waals surface area contributed by atoms with Crippen LogP contribution < -0.4 is 10.5 Å². The van der Waals surface area contributed by atoms with Crippen LogP contribution in [0.4, 0.5) is 5.69 Å². The van der Waals surface area contributed by atoms with Gasteiger partial charge in [-0.25, -0.2) is 0 Å². The number of halogens is 1. The number of pyridine rings is 1. The SMILES string of the molecule is Cc1ccc(N(Cc2ccccc2)C(=O)Cn2cc(Br)ccc2=O)cc1. The third-order valence-electron chi connectivity index (χ3n) is 4.08. The summed E-state index contributed by atoms with van der Waals surface area (Å²) in [5, 5.41) is 0. The van der Waals surface area contributed by atoms with Crippen LogP contribution in [0.1, 0.15) is 11.1 Å². The first kappa shape index (κ1) is 18.1. The molecular formula is C21H19BrN2O2. The largest absolute Gasteiger partial charge is 0.306 e. The van der Waals surface area contributed by atoms with E-state index in [0.29, 0.717) is 6.54 Å². The smallest absolute Gasteiger partial charge is 0.251 e. The van der Waals surface area contributed by atoms with Gasteiger partial charge in [-0.1, -0.05) is 48.0 Å². The monoisotopic (exact) mass is 410 g/mol. The van der Waals surface area contributed by atoms with Crippen molar-refractivity contribution < 1.29 is 4.79 Å². The van der Waals surface area contributed by atoms with E-state index in [1.165, 1.54) is 10.6 Å². The Morgan fingerprint density at radius 3 is 2.38 bits per heavy atom. The molecule has 0 atom stereocenters. The Bertz CT molecular complexity index is 950. The van der Waals surface area contributed by atoms with Gasteiger partial charge >= 0.3 is 0 Å². The number of aromatic nitrogens is 1. The van der Waals surface area contributed by atoms with Crippen LogP contribution in [0.15, 0.2) is 82.2 Å². The number of carbonyl (C=O) groups is 1. The van der Waals surface area contributed by atoms with Crippen LogP contribution in [0.5, 0.6) is 0 Å². The molecule has 0 saturated carbocycles. The van der Waals surface area contributed by atoms with Crippen LogP contribution in [-0.4, -0.2) is 10.5 Å². The van der Waals surface area contributed by atoms with Gasteiger partial charge in [0.25, 0.3) is 5.56 Å². The molecule has 0 radical (unpaired) electrons. The number of nitrogens with zero attached hydrogens (tertiary/aromatic N) is 2. The van der Waals surface area contributed by atoms with E-state index in [0.717, 1.165) is 21.3 Å². The van der Waals surface area contributed by atoms with Crippen LogP contribution in [0.3, 0.4) is 0 Å². The molecule has 0 aliphatic carbocycles. The van der Waals surface area contributed by atoms with Crippen molar-refractivity contribution in [2.45, 2.75) is 20.0 Å². The Morgan fingerprint density at radius 2 is 1.69 bits per heavy atom. The molecule has 0 spiro atoms. The first-order valence-electron chi connectivity index (χ1n) is 8.30. The average molecular weight is 411 g/mol. The summed E-state index contributed by atoms with van der Waals surface area (Å²) in [5.41, 5.74) is 2.77. The van der Waals surface area contributed by atoms with Crippen molar-refractivity contribution in [1.82, 2.24) is 4.57 Å². The molecule has 1 heterocycles. The fourth-order valence-electron chi connectivity index (χ4n) is 2.67. The Hall–Kier alpha value is -2.66. The van der Waals surface area contributed by atoms with Gasteiger partial charge in [0.2, 0.25) is 5.91 Å². The lowest BCUT2D eigenvalue weighted by molar-refractivity contribution is -0.119. The predicted molar refractivity (Wildman–Crippen MR) is 107 cm³/mol. The van der Waals surface area contributed by atoms with E-state index >= 15 is 0 Å². The van der Waals surface area contributed by atoms with Gasteiger partial charge in [-0.15, -0.1) is 0 Å². The lowest BCUT2D eigenvalue weighted by Crippen LogP contribution is -2.36. The fourth-order valence-corrected chi connectivity index (χ4v) is 3.05. The molecule has 3 rings (SSSR count). The van der Waals surface area contributed by atoms with Crippen LogP contribution >= 0.6 is 15.9 Å². The maximum Gasteiger partial charge on any atom is 0.251 e. The molecule has 0 N–H and O–H groups in total. The maximum absolute atomic E-state index is 13.0. The molecule has 1 amide bonds. The standard InChI is InChI=1S/C21H19BrN2O2/c1-16-7-10-19(11-8-16)24(13-17-5-3-2-4-6-17)21(26)15-23-14-18(22)9-12-20(23)25/h2-12,14H,13,15H2,1H3. The number of hydrogen-bond donors (Lipinski definition) is 0. The van der Waals surface area contributed by atoms with Crippen LogP contribution in [0.25, 0.3) is 0 Å². The van der Waals surface area contributed by atoms with E-state index < -0.39 is 0 Å². The lowest BCUT2D eigenvalue weighted by Gasteiger charge is -2.24. The van der Waals surface area contributed by atoms with Crippen molar-refractivity contribution >= 4 is 27.5 Å². The quantitative estimate of drug-likeness (QED) is 0.633. The molecule has 26 heavy (non-hydrogen) atoms. The molecule has 4 nitrogen and oxygen atoms in total. The molecule has 0 aliphatic rings. The Morgan fingerprint density at radius 1 is 1.00 bits per heavy atom. The van der Waals surface area contributed by atoms with Crippen LogP contribution in [-0.2, 0) is 17.9 Å².